The highest BCUT2D eigenvalue weighted by Gasteiger charge is 2.25. The average Bonchev–Trinajstić information content (AvgIpc) is 2.34. The fourth-order valence-electron chi connectivity index (χ4n) is 1.24. The Hall–Kier alpha value is -1.51. The van der Waals surface area contributed by atoms with Crippen LogP contribution < -0.4 is 10.8 Å². The van der Waals surface area contributed by atoms with Gasteiger partial charge in [0.05, 0.1) is 11.7 Å². The summed E-state index contributed by atoms with van der Waals surface area (Å²) in [5.41, 5.74) is 1.60. The summed E-state index contributed by atoms with van der Waals surface area (Å²) in [6.07, 6.45) is 1.67. The van der Waals surface area contributed by atoms with Gasteiger partial charge in [-0.05, 0) is 28.9 Å². The van der Waals surface area contributed by atoms with Crippen molar-refractivity contribution in [3.05, 3.63) is 28.5 Å². The number of nitrogens with one attached hydrogen (secondary N) is 2. The maximum atomic E-state index is 11.8. The van der Waals surface area contributed by atoms with Crippen molar-refractivity contribution in [2.45, 2.75) is 26.5 Å². The molecule has 8 heteroatoms. The number of pyridine rings is 1. The van der Waals surface area contributed by atoms with E-state index in [9.17, 15) is 14.7 Å². The summed E-state index contributed by atoms with van der Waals surface area (Å²) >= 11 is 3.16. The third-order valence-corrected chi connectivity index (χ3v) is 2.56. The van der Waals surface area contributed by atoms with E-state index in [1.165, 1.54) is 30.9 Å². The van der Waals surface area contributed by atoms with Gasteiger partial charge in [-0.3, -0.25) is 19.8 Å². The predicted octanol–water partition coefficient (Wildman–Crippen LogP) is 0.465. The summed E-state index contributed by atoms with van der Waals surface area (Å²) in [6.45, 7) is 1.32. The van der Waals surface area contributed by atoms with Crippen LogP contribution in [0.15, 0.2) is 22.9 Å². The molecule has 0 spiro atoms. The zero-order valence-electron chi connectivity index (χ0n) is 9.42. The van der Waals surface area contributed by atoms with E-state index in [4.69, 9.17) is 5.21 Å². The number of carbonyl (C=O) groups is 2. The molecule has 0 bridgehead atoms. The third-order valence-electron chi connectivity index (χ3n) is 2.13. The van der Waals surface area contributed by atoms with Crippen LogP contribution >= 0.6 is 15.9 Å². The quantitative estimate of drug-likeness (QED) is 0.472. The lowest BCUT2D eigenvalue weighted by atomic mass is 10.1. The molecule has 0 aromatic carbocycles. The van der Waals surface area contributed by atoms with Crippen molar-refractivity contribution in [2.75, 3.05) is 0 Å². The Balaban J connectivity index is 0.00000324. The van der Waals surface area contributed by atoms with Crippen LogP contribution in [0.5, 0.6) is 0 Å². The highest BCUT2D eigenvalue weighted by atomic mass is 79.9. The minimum absolute atomic E-state index is 0. The number of halogens is 1. The van der Waals surface area contributed by atoms with Gasteiger partial charge in [0.2, 0.25) is 0 Å². The van der Waals surface area contributed by atoms with E-state index in [0.717, 1.165) is 0 Å². The molecule has 2 atom stereocenters. The molecular formula is C11H16BrN3O4. The molecule has 0 unspecified atom stereocenters. The lowest BCUT2D eigenvalue weighted by molar-refractivity contribution is -0.133. The largest absolute Gasteiger partial charge is 0.391 e. The van der Waals surface area contributed by atoms with Gasteiger partial charge >= 0.3 is 0 Å². The first-order valence-electron chi connectivity index (χ1n) is 4.99. The number of amides is 2. The first kappa shape index (κ1) is 17.5. The maximum absolute atomic E-state index is 11.8. The topological polar surface area (TPSA) is 112 Å². The lowest BCUT2D eigenvalue weighted by Crippen LogP contribution is -2.51. The van der Waals surface area contributed by atoms with Gasteiger partial charge < -0.3 is 10.4 Å². The van der Waals surface area contributed by atoms with Gasteiger partial charge in [-0.25, -0.2) is 5.48 Å². The van der Waals surface area contributed by atoms with Gasteiger partial charge in [0.1, 0.15) is 6.04 Å². The van der Waals surface area contributed by atoms with E-state index < -0.39 is 24.0 Å². The Kier molecular flexibility index (Phi) is 7.20. The number of nitrogens with zero attached hydrogens (tertiary/aromatic N) is 1. The number of hydrogen-bond acceptors (Lipinski definition) is 5. The average molecular weight is 334 g/mol. The molecule has 0 saturated heterocycles. The third kappa shape index (κ3) is 4.93. The van der Waals surface area contributed by atoms with Crippen LogP contribution in [-0.2, 0) is 4.79 Å². The van der Waals surface area contributed by atoms with Gasteiger partial charge in [0.15, 0.2) is 0 Å². The van der Waals surface area contributed by atoms with Gasteiger partial charge in [-0.15, -0.1) is 0 Å². The van der Waals surface area contributed by atoms with Crippen molar-refractivity contribution < 1.29 is 19.9 Å². The van der Waals surface area contributed by atoms with E-state index in [1.807, 2.05) is 0 Å². The zero-order chi connectivity index (χ0) is 13.7. The molecule has 0 radical (unpaired) electrons. The molecular weight excluding hydrogens is 318 g/mol. The highest BCUT2D eigenvalue weighted by molar-refractivity contribution is 9.10. The number of aliphatic hydroxyl groups excluding tert-OH is 1. The second-order valence-corrected chi connectivity index (χ2v) is 4.48. The summed E-state index contributed by atoms with van der Waals surface area (Å²) in [4.78, 5) is 26.8. The molecule has 0 aliphatic rings. The Bertz CT molecular complexity index is 453. The van der Waals surface area contributed by atoms with E-state index in [0.29, 0.717) is 4.47 Å². The van der Waals surface area contributed by atoms with Crippen molar-refractivity contribution in [1.82, 2.24) is 15.8 Å². The number of aliphatic hydroxyl groups is 1. The fraction of sp³-hybridized carbons (Fsp3) is 0.364. The summed E-state index contributed by atoms with van der Waals surface area (Å²) in [7, 11) is 0. The van der Waals surface area contributed by atoms with Crippen molar-refractivity contribution in [1.29, 1.82) is 0 Å². The maximum Gasteiger partial charge on any atom is 0.268 e. The highest BCUT2D eigenvalue weighted by Crippen LogP contribution is 2.09. The lowest BCUT2D eigenvalue weighted by Gasteiger charge is -2.19. The van der Waals surface area contributed by atoms with Gasteiger partial charge in [-0.1, -0.05) is 7.43 Å². The molecule has 0 aliphatic heterocycles. The molecule has 0 fully saturated rings. The fourth-order valence-corrected chi connectivity index (χ4v) is 1.60. The molecule has 19 heavy (non-hydrogen) atoms. The standard InChI is InChI=1S/C10H12BrN3O4.CH4/c1-5(15)8(10(17)14-18)13-9(16)6-2-7(11)4-12-3-6;/h2-5,8,15,18H,1H3,(H,13,16)(H,14,17);1H4/t5-,8+;/m1./s1. The molecule has 106 valence electrons. The van der Waals surface area contributed by atoms with Crippen LogP contribution in [0.4, 0.5) is 0 Å². The molecule has 1 heterocycles. The molecule has 0 aliphatic carbocycles. The van der Waals surface area contributed by atoms with Crippen LogP contribution in [0.3, 0.4) is 0 Å². The van der Waals surface area contributed by atoms with E-state index in [2.05, 4.69) is 26.2 Å². The summed E-state index contributed by atoms with van der Waals surface area (Å²) in [5.74, 6) is -1.49. The van der Waals surface area contributed by atoms with Crippen LogP contribution in [-0.4, -0.2) is 39.3 Å². The monoisotopic (exact) mass is 333 g/mol. The van der Waals surface area contributed by atoms with Gasteiger partial charge in [0, 0.05) is 16.9 Å². The molecule has 7 nitrogen and oxygen atoms in total. The Morgan fingerprint density at radius 2 is 2.05 bits per heavy atom. The Morgan fingerprint density at radius 1 is 1.42 bits per heavy atom. The molecule has 0 saturated carbocycles. The van der Waals surface area contributed by atoms with Crippen LogP contribution in [0, 0.1) is 0 Å². The Labute approximate surface area is 119 Å². The SMILES string of the molecule is C.C[C@@H](O)[C@H](NC(=O)c1cncc(Br)c1)C(=O)NO. The van der Waals surface area contributed by atoms with Crippen molar-refractivity contribution in [3.8, 4) is 0 Å². The van der Waals surface area contributed by atoms with Crippen LogP contribution in [0.1, 0.15) is 24.7 Å². The minimum Gasteiger partial charge on any atom is -0.391 e. The summed E-state index contributed by atoms with van der Waals surface area (Å²) in [5, 5.41) is 20.1. The molecule has 1 rings (SSSR count). The van der Waals surface area contributed by atoms with E-state index in [-0.39, 0.29) is 13.0 Å². The minimum atomic E-state index is -1.25. The number of hydroxylamine groups is 1. The zero-order valence-corrected chi connectivity index (χ0v) is 11.0. The van der Waals surface area contributed by atoms with E-state index in [1.54, 1.807) is 0 Å². The summed E-state index contributed by atoms with van der Waals surface area (Å²) < 4.78 is 0.607. The molecule has 4 N–H and O–H groups in total. The molecule has 1 aromatic rings. The first-order valence-corrected chi connectivity index (χ1v) is 5.78. The smallest absolute Gasteiger partial charge is 0.268 e. The Morgan fingerprint density at radius 3 is 2.53 bits per heavy atom. The number of hydrogen-bond donors (Lipinski definition) is 4. The number of aromatic nitrogens is 1. The van der Waals surface area contributed by atoms with Crippen molar-refractivity contribution >= 4 is 27.7 Å². The van der Waals surface area contributed by atoms with Crippen LogP contribution in [0.2, 0.25) is 0 Å². The second-order valence-electron chi connectivity index (χ2n) is 3.56. The van der Waals surface area contributed by atoms with Gasteiger partial charge in [-0.2, -0.15) is 0 Å². The summed E-state index contributed by atoms with van der Waals surface area (Å²) in [6, 6.07) is 0.264. The first-order chi connectivity index (χ1) is 8.45. The van der Waals surface area contributed by atoms with Gasteiger partial charge in [0.25, 0.3) is 11.8 Å². The molecule has 2 amide bonds. The van der Waals surface area contributed by atoms with Crippen LogP contribution in [0.25, 0.3) is 0 Å². The van der Waals surface area contributed by atoms with Crippen molar-refractivity contribution in [2.24, 2.45) is 0 Å². The normalized spacial score (nSPS) is 12.8. The second kappa shape index (κ2) is 7.82. The molecule has 1 aromatic heterocycles. The predicted molar refractivity (Wildman–Crippen MR) is 71.5 cm³/mol. The van der Waals surface area contributed by atoms with Crippen molar-refractivity contribution in [3.63, 3.8) is 0 Å². The number of carbonyl (C=O) groups excluding carboxylic acids is 2. The van der Waals surface area contributed by atoms with E-state index >= 15 is 0 Å². The number of rotatable bonds is 4.